The molecule has 222 valence electrons. The molecule has 2 rings (SSSR count). The highest BCUT2D eigenvalue weighted by molar-refractivity contribution is 6.30. The molecule has 0 aliphatic carbocycles. The van der Waals surface area contributed by atoms with E-state index in [1.807, 2.05) is 6.92 Å². The molecule has 0 bridgehead atoms. The Balaban J connectivity index is 2.21. The number of esters is 4. The standard InChI is InChI=1S/C26H34ClNO12/c1-14-11-18(27)8-9-19(14)35-10-6-7-21(32)28-23-25(37-13-22(33)34-5)24(38-16(3)30)20(12-36-15(2)29)40-26(23)39-17(4)31/h8-9,11,20,23-26H,6-7,10,12-13H2,1-5H3,(H,28,32)/t20-,23-,24-,25+,26+/m0/s1. The van der Waals surface area contributed by atoms with E-state index in [-0.39, 0.29) is 13.0 Å². The molecule has 1 saturated heterocycles. The van der Waals surface area contributed by atoms with Crippen molar-refractivity contribution in [3.63, 3.8) is 0 Å². The third kappa shape index (κ3) is 10.6. The van der Waals surface area contributed by atoms with Gasteiger partial charge < -0.3 is 38.5 Å². The molecule has 1 amide bonds. The van der Waals surface area contributed by atoms with Crippen LogP contribution in [0.1, 0.15) is 39.2 Å². The van der Waals surface area contributed by atoms with E-state index < -0.39 is 73.6 Å². The largest absolute Gasteiger partial charge is 0.493 e. The van der Waals surface area contributed by atoms with Crippen molar-refractivity contribution >= 4 is 41.4 Å². The summed E-state index contributed by atoms with van der Waals surface area (Å²) in [6, 6.07) is 3.95. The van der Waals surface area contributed by atoms with Crippen molar-refractivity contribution in [2.75, 3.05) is 26.9 Å². The summed E-state index contributed by atoms with van der Waals surface area (Å²) in [4.78, 5) is 60.0. The lowest BCUT2D eigenvalue weighted by molar-refractivity contribution is -0.274. The first-order chi connectivity index (χ1) is 18.9. The maximum absolute atomic E-state index is 12.9. The lowest BCUT2D eigenvalue weighted by Crippen LogP contribution is -2.66. The van der Waals surface area contributed by atoms with Gasteiger partial charge in [0.15, 0.2) is 6.10 Å². The first-order valence-corrected chi connectivity index (χ1v) is 12.8. The van der Waals surface area contributed by atoms with Gasteiger partial charge in [0, 0.05) is 32.2 Å². The summed E-state index contributed by atoms with van der Waals surface area (Å²) in [6.45, 7) is 4.50. The number of hydrogen-bond donors (Lipinski definition) is 1. The summed E-state index contributed by atoms with van der Waals surface area (Å²) in [6.07, 6.45) is -4.83. The smallest absolute Gasteiger partial charge is 0.331 e. The number of carbonyl (C=O) groups is 5. The Morgan fingerprint density at radius 3 is 2.30 bits per heavy atom. The van der Waals surface area contributed by atoms with Crippen molar-refractivity contribution < 1.29 is 57.1 Å². The Morgan fingerprint density at radius 1 is 1.00 bits per heavy atom. The van der Waals surface area contributed by atoms with Gasteiger partial charge in [0.2, 0.25) is 12.2 Å². The number of halogens is 1. The van der Waals surface area contributed by atoms with Crippen LogP contribution in [0.5, 0.6) is 5.75 Å². The Kier molecular flexibility index (Phi) is 13.1. The van der Waals surface area contributed by atoms with E-state index in [0.29, 0.717) is 17.2 Å². The lowest BCUT2D eigenvalue weighted by Gasteiger charge is -2.44. The molecule has 40 heavy (non-hydrogen) atoms. The molecule has 0 unspecified atom stereocenters. The number of benzene rings is 1. The van der Waals surface area contributed by atoms with Crippen LogP contribution in [0.4, 0.5) is 0 Å². The normalized spacial score (nSPS) is 22.0. The molecule has 0 aromatic heterocycles. The highest BCUT2D eigenvalue weighted by atomic mass is 35.5. The molecule has 0 radical (unpaired) electrons. The fourth-order valence-electron chi connectivity index (χ4n) is 3.86. The maximum Gasteiger partial charge on any atom is 0.331 e. The zero-order valence-corrected chi connectivity index (χ0v) is 23.7. The maximum atomic E-state index is 12.9. The van der Waals surface area contributed by atoms with Crippen LogP contribution in [0, 0.1) is 6.92 Å². The molecule has 1 aliphatic heterocycles. The predicted molar refractivity (Wildman–Crippen MR) is 137 cm³/mol. The van der Waals surface area contributed by atoms with Crippen LogP contribution in [0.3, 0.4) is 0 Å². The summed E-state index contributed by atoms with van der Waals surface area (Å²) in [5.41, 5.74) is 0.839. The van der Waals surface area contributed by atoms with Crippen LogP contribution in [-0.4, -0.2) is 87.4 Å². The number of aryl methyl sites for hydroxylation is 1. The number of carbonyl (C=O) groups excluding carboxylic acids is 5. The van der Waals surface area contributed by atoms with Crippen molar-refractivity contribution in [3.05, 3.63) is 28.8 Å². The van der Waals surface area contributed by atoms with Crippen molar-refractivity contribution in [1.29, 1.82) is 0 Å². The summed E-state index contributed by atoms with van der Waals surface area (Å²) in [5, 5.41) is 3.26. The second-order valence-corrected chi connectivity index (χ2v) is 9.27. The molecule has 1 aliphatic rings. The second kappa shape index (κ2) is 16.0. The van der Waals surface area contributed by atoms with Gasteiger partial charge in [-0.05, 0) is 37.1 Å². The fourth-order valence-corrected chi connectivity index (χ4v) is 4.08. The van der Waals surface area contributed by atoms with Gasteiger partial charge in [-0.1, -0.05) is 11.6 Å². The first kappa shape index (κ1) is 32.8. The van der Waals surface area contributed by atoms with Crippen LogP contribution >= 0.6 is 11.6 Å². The van der Waals surface area contributed by atoms with Gasteiger partial charge in [-0.15, -0.1) is 0 Å². The molecule has 0 spiro atoms. The third-order valence-electron chi connectivity index (χ3n) is 5.57. The van der Waals surface area contributed by atoms with Gasteiger partial charge in [0.1, 0.15) is 37.2 Å². The van der Waals surface area contributed by atoms with Gasteiger partial charge in [0.05, 0.1) is 13.7 Å². The van der Waals surface area contributed by atoms with Crippen LogP contribution in [0.25, 0.3) is 0 Å². The number of amides is 1. The molecule has 1 fully saturated rings. The van der Waals surface area contributed by atoms with Crippen LogP contribution in [-0.2, 0) is 52.4 Å². The average molecular weight is 588 g/mol. The SMILES string of the molecule is COC(=O)CO[C@@H]1[C@H](NC(=O)CCCOc2ccc(Cl)cc2C)[C@H](OC(C)=O)O[C@@H](COC(C)=O)[C@@H]1OC(C)=O. The zero-order chi connectivity index (χ0) is 29.8. The highest BCUT2D eigenvalue weighted by Crippen LogP contribution is 2.28. The Bertz CT molecular complexity index is 1060. The minimum Gasteiger partial charge on any atom is -0.493 e. The summed E-state index contributed by atoms with van der Waals surface area (Å²) < 4.78 is 37.5. The number of nitrogens with one attached hydrogen (secondary N) is 1. The number of methoxy groups -OCH3 is 1. The average Bonchev–Trinajstić information content (AvgIpc) is 2.86. The quantitative estimate of drug-likeness (QED) is 0.202. The molecule has 13 nitrogen and oxygen atoms in total. The molecule has 5 atom stereocenters. The van der Waals surface area contributed by atoms with Gasteiger partial charge in [-0.2, -0.15) is 0 Å². The lowest BCUT2D eigenvalue weighted by atomic mass is 9.96. The van der Waals surface area contributed by atoms with E-state index in [2.05, 4.69) is 10.1 Å². The molecule has 1 aromatic rings. The predicted octanol–water partition coefficient (Wildman–Crippen LogP) is 1.63. The van der Waals surface area contributed by atoms with E-state index in [4.69, 9.17) is 40.0 Å². The first-order valence-electron chi connectivity index (χ1n) is 12.4. The molecule has 1 aromatic carbocycles. The molecule has 1 N–H and O–H groups in total. The molecule has 1 heterocycles. The van der Waals surface area contributed by atoms with E-state index >= 15 is 0 Å². The van der Waals surface area contributed by atoms with Crippen LogP contribution < -0.4 is 10.1 Å². The van der Waals surface area contributed by atoms with Crippen molar-refractivity contribution in [2.24, 2.45) is 0 Å². The summed E-state index contributed by atoms with van der Waals surface area (Å²) in [5.74, 6) is -2.76. The molecular weight excluding hydrogens is 554 g/mol. The van der Waals surface area contributed by atoms with Crippen molar-refractivity contribution in [1.82, 2.24) is 5.32 Å². The summed E-state index contributed by atoms with van der Waals surface area (Å²) in [7, 11) is 1.15. The number of rotatable bonds is 13. The Hall–Kier alpha value is -3.42. The van der Waals surface area contributed by atoms with Crippen molar-refractivity contribution in [3.8, 4) is 5.75 Å². The molecular formula is C26H34ClNO12. The van der Waals surface area contributed by atoms with E-state index in [9.17, 15) is 24.0 Å². The second-order valence-electron chi connectivity index (χ2n) is 8.84. The Morgan fingerprint density at radius 2 is 1.70 bits per heavy atom. The highest BCUT2D eigenvalue weighted by Gasteiger charge is 2.51. The van der Waals surface area contributed by atoms with E-state index in [1.54, 1.807) is 18.2 Å². The van der Waals surface area contributed by atoms with E-state index in [1.165, 1.54) is 6.92 Å². The number of hydrogen-bond acceptors (Lipinski definition) is 12. The third-order valence-corrected chi connectivity index (χ3v) is 5.81. The monoisotopic (exact) mass is 587 g/mol. The summed E-state index contributed by atoms with van der Waals surface area (Å²) >= 11 is 5.96. The fraction of sp³-hybridized carbons (Fsp3) is 0.577. The van der Waals surface area contributed by atoms with Crippen molar-refractivity contribution in [2.45, 2.75) is 71.2 Å². The zero-order valence-electron chi connectivity index (χ0n) is 22.9. The van der Waals surface area contributed by atoms with Gasteiger partial charge >= 0.3 is 23.9 Å². The van der Waals surface area contributed by atoms with Crippen LogP contribution in [0.2, 0.25) is 5.02 Å². The minimum atomic E-state index is -1.44. The van der Waals surface area contributed by atoms with Gasteiger partial charge in [-0.25, -0.2) is 4.79 Å². The molecule has 14 heteroatoms. The number of ether oxygens (including phenoxy) is 7. The van der Waals surface area contributed by atoms with Crippen LogP contribution in [0.15, 0.2) is 18.2 Å². The van der Waals surface area contributed by atoms with Gasteiger partial charge in [-0.3, -0.25) is 19.2 Å². The molecule has 0 saturated carbocycles. The minimum absolute atomic E-state index is 0.00520. The van der Waals surface area contributed by atoms with E-state index in [0.717, 1.165) is 26.5 Å². The topological polar surface area (TPSA) is 162 Å². The van der Waals surface area contributed by atoms with Gasteiger partial charge in [0.25, 0.3) is 0 Å². The Labute approximate surface area is 236 Å².